The molecule has 0 fully saturated rings. The Balaban J connectivity index is 1.18. The van der Waals surface area contributed by atoms with E-state index in [1.54, 1.807) is 0 Å². The molecule has 11 aromatic carbocycles. The van der Waals surface area contributed by atoms with Gasteiger partial charge >= 0.3 is 0 Å². The lowest BCUT2D eigenvalue weighted by atomic mass is 9.64. The van der Waals surface area contributed by atoms with Gasteiger partial charge < -0.3 is 9.32 Å². The zero-order valence-electron chi connectivity index (χ0n) is 35.4. The van der Waals surface area contributed by atoms with E-state index in [9.17, 15) is 0 Å². The zero-order chi connectivity index (χ0) is 42.6. The Morgan fingerprint density at radius 3 is 1.62 bits per heavy atom. The maximum atomic E-state index is 6.62. The molecule has 1 spiro atoms. The minimum atomic E-state index is -0.713. The number of para-hydroxylation sites is 2. The van der Waals surface area contributed by atoms with Crippen molar-refractivity contribution in [3.63, 3.8) is 0 Å². The summed E-state index contributed by atoms with van der Waals surface area (Å²) < 4.78 is 6.62. The van der Waals surface area contributed by atoms with Gasteiger partial charge in [0.1, 0.15) is 11.2 Å². The number of furan rings is 1. The first kappa shape index (κ1) is 36.1. The molecule has 0 bridgehead atoms. The molecule has 0 saturated heterocycles. The summed E-state index contributed by atoms with van der Waals surface area (Å²) in [7, 11) is 0. The number of hydrogen-bond donors (Lipinski definition) is 0. The normalized spacial score (nSPS) is 14.5. The van der Waals surface area contributed by atoms with Gasteiger partial charge in [-0.15, -0.1) is 0 Å². The molecule has 1 aromatic heterocycles. The number of fused-ring (bicyclic) bond motifs is 20. The molecule has 0 amide bonds. The van der Waals surface area contributed by atoms with Gasteiger partial charge in [-0.1, -0.05) is 200 Å². The molecule has 0 aliphatic heterocycles. The van der Waals surface area contributed by atoms with Crippen LogP contribution in [0.25, 0.3) is 88.0 Å². The van der Waals surface area contributed by atoms with Crippen LogP contribution >= 0.6 is 0 Å². The quantitative estimate of drug-likeness (QED) is 0.164. The predicted molar refractivity (Wildman–Crippen MR) is 271 cm³/mol. The van der Waals surface area contributed by atoms with Crippen LogP contribution in [-0.4, -0.2) is 0 Å². The van der Waals surface area contributed by atoms with Crippen molar-refractivity contribution in [2.75, 3.05) is 4.90 Å². The summed E-state index contributed by atoms with van der Waals surface area (Å²) in [5.74, 6) is 0. The first-order valence-corrected chi connectivity index (χ1v) is 22.5. The Bertz CT molecular complexity index is 3910. The van der Waals surface area contributed by atoms with Gasteiger partial charge in [0.2, 0.25) is 0 Å². The topological polar surface area (TPSA) is 16.4 Å². The van der Waals surface area contributed by atoms with Crippen molar-refractivity contribution in [3.8, 4) is 44.5 Å². The Morgan fingerprint density at radius 2 is 0.846 bits per heavy atom. The molecule has 1 heterocycles. The van der Waals surface area contributed by atoms with Crippen LogP contribution in [0.5, 0.6) is 0 Å². The summed E-state index contributed by atoms with van der Waals surface area (Å²) >= 11 is 0. The van der Waals surface area contributed by atoms with Gasteiger partial charge in [-0.25, -0.2) is 0 Å². The average molecular weight is 826 g/mol. The van der Waals surface area contributed by atoms with E-state index in [4.69, 9.17) is 4.42 Å². The summed E-state index contributed by atoms with van der Waals surface area (Å²) in [6, 6.07) is 87.5. The molecule has 14 rings (SSSR count). The van der Waals surface area contributed by atoms with Crippen LogP contribution in [0.2, 0.25) is 0 Å². The van der Waals surface area contributed by atoms with E-state index in [-0.39, 0.29) is 0 Å². The molecule has 302 valence electrons. The van der Waals surface area contributed by atoms with Crippen molar-refractivity contribution in [2.24, 2.45) is 0 Å². The van der Waals surface area contributed by atoms with Gasteiger partial charge in [-0.3, -0.25) is 0 Å². The van der Waals surface area contributed by atoms with Gasteiger partial charge in [-0.05, 0) is 119 Å². The number of benzene rings is 11. The predicted octanol–water partition coefficient (Wildman–Crippen LogP) is 17.0. The number of anilines is 3. The van der Waals surface area contributed by atoms with E-state index in [2.05, 4.69) is 241 Å². The van der Waals surface area contributed by atoms with E-state index < -0.39 is 5.41 Å². The van der Waals surface area contributed by atoms with Crippen molar-refractivity contribution in [3.05, 3.63) is 259 Å². The summed E-state index contributed by atoms with van der Waals surface area (Å²) in [4.78, 5) is 2.49. The molecule has 2 aliphatic rings. The second-order valence-corrected chi connectivity index (χ2v) is 17.4. The molecule has 2 aliphatic carbocycles. The van der Waals surface area contributed by atoms with Gasteiger partial charge in [0, 0.05) is 16.6 Å². The average Bonchev–Trinajstić information content (AvgIpc) is 3.89. The Hall–Kier alpha value is -8.46. The van der Waals surface area contributed by atoms with Crippen LogP contribution in [-0.2, 0) is 5.41 Å². The molecule has 0 radical (unpaired) electrons. The zero-order valence-corrected chi connectivity index (χ0v) is 35.4. The highest BCUT2D eigenvalue weighted by Crippen LogP contribution is 2.65. The minimum Gasteiger partial charge on any atom is -0.456 e. The van der Waals surface area contributed by atoms with Crippen LogP contribution in [0.3, 0.4) is 0 Å². The van der Waals surface area contributed by atoms with E-state index in [0.29, 0.717) is 0 Å². The molecular weight excluding hydrogens is 787 g/mol. The summed E-state index contributed by atoms with van der Waals surface area (Å²) in [5, 5.41) is 7.27. The molecule has 1 unspecified atom stereocenters. The molecule has 2 nitrogen and oxygen atoms in total. The van der Waals surface area contributed by atoms with Crippen LogP contribution in [0, 0.1) is 0 Å². The maximum absolute atomic E-state index is 6.62. The van der Waals surface area contributed by atoms with Crippen LogP contribution < -0.4 is 4.90 Å². The molecular formula is C63H39NO. The van der Waals surface area contributed by atoms with Crippen LogP contribution in [0.1, 0.15) is 22.3 Å². The van der Waals surface area contributed by atoms with E-state index in [0.717, 1.165) is 50.1 Å². The van der Waals surface area contributed by atoms with Gasteiger partial charge in [-0.2, -0.15) is 0 Å². The standard InChI is InChI=1S/C63H39NO/c1-2-19-40(20-3-1)42-21-12-16-33-56(42)64(57-34-18-36-59-61(57)52-30-13-17-35-58(52)65-59)41-37-38-48-44-23-5-4-22-43(44)47-26-10-14-31-53(47)63(55(48)39-41)54-32-15-11-29-51(54)60-49-27-8-6-24-45(49)46-25-7-9-28-50(46)62(60)63/h1-39H. The van der Waals surface area contributed by atoms with E-state index >= 15 is 0 Å². The van der Waals surface area contributed by atoms with Gasteiger partial charge in [0.15, 0.2) is 0 Å². The largest absolute Gasteiger partial charge is 0.456 e. The SMILES string of the molecule is c1ccc(-c2ccccc2N(c2ccc3c(c2)C2(c4ccccc4-c4ccccc4-3)c3ccccc3-c3c2c2ccccc2c2ccccc32)c2cccc3oc4ccccc4c23)cc1. The molecule has 1 atom stereocenters. The summed E-state index contributed by atoms with van der Waals surface area (Å²) in [6.45, 7) is 0. The Kier molecular flexibility index (Phi) is 7.64. The van der Waals surface area contributed by atoms with Crippen molar-refractivity contribution in [1.29, 1.82) is 0 Å². The molecule has 0 N–H and O–H groups in total. The van der Waals surface area contributed by atoms with Crippen molar-refractivity contribution < 1.29 is 4.42 Å². The summed E-state index contributed by atoms with van der Waals surface area (Å²) in [6.07, 6.45) is 0. The first-order chi connectivity index (χ1) is 32.3. The number of nitrogens with zero attached hydrogens (tertiary/aromatic N) is 1. The third-order valence-corrected chi connectivity index (χ3v) is 14.3. The van der Waals surface area contributed by atoms with Crippen molar-refractivity contribution in [1.82, 2.24) is 0 Å². The van der Waals surface area contributed by atoms with Crippen molar-refractivity contribution >= 4 is 60.5 Å². The number of rotatable bonds is 4. The summed E-state index contributed by atoms with van der Waals surface area (Å²) in [5.41, 5.74) is 19.3. The third-order valence-electron chi connectivity index (χ3n) is 14.3. The molecule has 65 heavy (non-hydrogen) atoms. The second kappa shape index (κ2) is 13.8. The molecule has 12 aromatic rings. The van der Waals surface area contributed by atoms with Gasteiger partial charge in [0.25, 0.3) is 0 Å². The highest BCUT2D eigenvalue weighted by molar-refractivity contribution is 6.20. The lowest BCUT2D eigenvalue weighted by Gasteiger charge is -2.37. The minimum absolute atomic E-state index is 0.713. The highest BCUT2D eigenvalue weighted by atomic mass is 16.3. The van der Waals surface area contributed by atoms with E-state index in [1.165, 1.54) is 77.2 Å². The third kappa shape index (κ3) is 4.94. The lowest BCUT2D eigenvalue weighted by Crippen LogP contribution is -2.30. The van der Waals surface area contributed by atoms with Crippen LogP contribution in [0.4, 0.5) is 17.1 Å². The fourth-order valence-electron chi connectivity index (χ4n) is 11.8. The first-order valence-electron chi connectivity index (χ1n) is 22.5. The highest BCUT2D eigenvalue weighted by Gasteiger charge is 2.51. The van der Waals surface area contributed by atoms with Crippen LogP contribution in [0.15, 0.2) is 241 Å². The maximum Gasteiger partial charge on any atom is 0.137 e. The van der Waals surface area contributed by atoms with E-state index in [1.807, 2.05) is 0 Å². The molecule has 0 saturated carbocycles. The second-order valence-electron chi connectivity index (χ2n) is 17.4. The lowest BCUT2D eigenvalue weighted by molar-refractivity contribution is 0.669. The fourth-order valence-corrected chi connectivity index (χ4v) is 11.8. The Morgan fingerprint density at radius 1 is 0.323 bits per heavy atom. The fraction of sp³-hybridized carbons (Fsp3) is 0.0159. The Labute approximate surface area is 376 Å². The molecule has 2 heteroatoms. The smallest absolute Gasteiger partial charge is 0.137 e. The van der Waals surface area contributed by atoms with Crippen molar-refractivity contribution in [2.45, 2.75) is 5.41 Å². The van der Waals surface area contributed by atoms with Gasteiger partial charge in [0.05, 0.1) is 22.2 Å². The monoisotopic (exact) mass is 825 g/mol. The number of hydrogen-bond acceptors (Lipinski definition) is 2.